The standard InChI is InChI=1S/C22H29N3O6S2/c1-17(2)31-20-10-8-19(9-11-20)25(32(3,27)28)16-22(26)23-18-6-12-21(13-7-18)33(29,30)24-14-4-5-15-24/h6-13,17H,4-5,14-16H2,1-3H3,(H,23,26). The van der Waals surface area contributed by atoms with Crippen LogP contribution in [0.15, 0.2) is 53.4 Å². The Morgan fingerprint density at radius 3 is 2.09 bits per heavy atom. The maximum Gasteiger partial charge on any atom is 0.245 e. The lowest BCUT2D eigenvalue weighted by molar-refractivity contribution is -0.114. The molecule has 2 aromatic carbocycles. The van der Waals surface area contributed by atoms with Crippen molar-refractivity contribution in [2.75, 3.05) is 35.5 Å². The van der Waals surface area contributed by atoms with E-state index in [1.165, 1.54) is 28.6 Å². The number of ether oxygens (including phenoxy) is 1. The van der Waals surface area contributed by atoms with E-state index in [1.54, 1.807) is 24.3 Å². The van der Waals surface area contributed by atoms with Gasteiger partial charge in [-0.1, -0.05) is 0 Å². The molecule has 33 heavy (non-hydrogen) atoms. The summed E-state index contributed by atoms with van der Waals surface area (Å²) in [5, 5.41) is 2.62. The number of sulfonamides is 2. The number of hydrogen-bond donors (Lipinski definition) is 1. The van der Waals surface area contributed by atoms with E-state index in [9.17, 15) is 21.6 Å². The molecule has 1 N–H and O–H groups in total. The lowest BCUT2D eigenvalue weighted by atomic mass is 10.3. The van der Waals surface area contributed by atoms with Gasteiger partial charge in [0, 0.05) is 18.8 Å². The Bertz CT molecular complexity index is 1170. The fraction of sp³-hybridized carbons (Fsp3) is 0.409. The van der Waals surface area contributed by atoms with Gasteiger partial charge in [-0.15, -0.1) is 0 Å². The number of nitrogens with zero attached hydrogens (tertiary/aromatic N) is 2. The second-order valence-electron chi connectivity index (χ2n) is 8.11. The molecule has 1 aliphatic rings. The van der Waals surface area contributed by atoms with Crippen LogP contribution in [-0.4, -0.2) is 59.0 Å². The van der Waals surface area contributed by atoms with E-state index < -0.39 is 32.5 Å². The highest BCUT2D eigenvalue weighted by Crippen LogP contribution is 2.24. The van der Waals surface area contributed by atoms with Crippen molar-refractivity contribution >= 4 is 37.3 Å². The topological polar surface area (TPSA) is 113 Å². The predicted octanol–water partition coefficient (Wildman–Crippen LogP) is 2.66. The molecule has 0 atom stereocenters. The minimum atomic E-state index is -3.73. The molecule has 0 saturated carbocycles. The quantitative estimate of drug-likeness (QED) is 0.572. The third-order valence-corrected chi connectivity index (χ3v) is 8.08. The molecule has 0 aliphatic carbocycles. The van der Waals surface area contributed by atoms with Crippen LogP contribution in [0.5, 0.6) is 5.75 Å². The van der Waals surface area contributed by atoms with Gasteiger partial charge in [0.25, 0.3) is 0 Å². The summed E-state index contributed by atoms with van der Waals surface area (Å²) in [5.41, 5.74) is 0.699. The molecule has 0 unspecified atom stereocenters. The Hall–Kier alpha value is -2.63. The van der Waals surface area contributed by atoms with Crippen molar-refractivity contribution in [2.24, 2.45) is 0 Å². The lowest BCUT2D eigenvalue weighted by Gasteiger charge is -2.22. The van der Waals surface area contributed by atoms with Crippen molar-refractivity contribution < 1.29 is 26.4 Å². The molecule has 1 fully saturated rings. The third kappa shape index (κ3) is 6.46. The smallest absolute Gasteiger partial charge is 0.245 e. The molecule has 3 rings (SSSR count). The maximum atomic E-state index is 12.6. The lowest BCUT2D eigenvalue weighted by Crippen LogP contribution is -2.37. The number of amides is 1. The van der Waals surface area contributed by atoms with E-state index in [1.807, 2.05) is 13.8 Å². The molecular weight excluding hydrogens is 466 g/mol. The fourth-order valence-corrected chi connectivity index (χ4v) is 5.86. The summed E-state index contributed by atoms with van der Waals surface area (Å²) in [6.45, 7) is 4.35. The van der Waals surface area contributed by atoms with Crippen molar-refractivity contribution in [2.45, 2.75) is 37.7 Å². The molecule has 2 aromatic rings. The minimum Gasteiger partial charge on any atom is -0.491 e. The number of hydrogen-bond acceptors (Lipinski definition) is 6. The van der Waals surface area contributed by atoms with Gasteiger partial charge in [-0.05, 0) is 75.2 Å². The molecule has 1 aliphatic heterocycles. The number of carbonyl (C=O) groups excluding carboxylic acids is 1. The van der Waals surface area contributed by atoms with Crippen molar-refractivity contribution in [3.8, 4) is 5.75 Å². The number of rotatable bonds is 9. The van der Waals surface area contributed by atoms with Gasteiger partial charge in [-0.2, -0.15) is 4.31 Å². The molecule has 0 spiro atoms. The van der Waals surface area contributed by atoms with Gasteiger partial charge in [-0.25, -0.2) is 16.8 Å². The first-order valence-electron chi connectivity index (χ1n) is 10.6. The number of nitrogens with one attached hydrogen (secondary N) is 1. The van der Waals surface area contributed by atoms with Crippen molar-refractivity contribution in [3.63, 3.8) is 0 Å². The van der Waals surface area contributed by atoms with E-state index in [-0.39, 0.29) is 11.0 Å². The maximum absolute atomic E-state index is 12.6. The largest absolute Gasteiger partial charge is 0.491 e. The highest BCUT2D eigenvalue weighted by molar-refractivity contribution is 7.92. The summed E-state index contributed by atoms with van der Waals surface area (Å²) in [4.78, 5) is 12.7. The first-order valence-corrected chi connectivity index (χ1v) is 13.9. The Labute approximate surface area is 195 Å². The first kappa shape index (κ1) is 25.0. The van der Waals surface area contributed by atoms with Gasteiger partial charge < -0.3 is 10.1 Å². The van der Waals surface area contributed by atoms with Crippen LogP contribution in [0.4, 0.5) is 11.4 Å². The van der Waals surface area contributed by atoms with Crippen molar-refractivity contribution in [1.29, 1.82) is 0 Å². The average molecular weight is 496 g/mol. The summed E-state index contributed by atoms with van der Waals surface area (Å²) in [5.74, 6) is 0.0358. The van der Waals surface area contributed by atoms with Gasteiger partial charge in [0.15, 0.2) is 0 Å². The van der Waals surface area contributed by atoms with Gasteiger partial charge in [0.2, 0.25) is 26.0 Å². The van der Waals surface area contributed by atoms with Crippen LogP contribution in [0.1, 0.15) is 26.7 Å². The molecule has 0 bridgehead atoms. The highest BCUT2D eigenvalue weighted by atomic mass is 32.2. The molecule has 1 saturated heterocycles. The van der Waals surface area contributed by atoms with Gasteiger partial charge >= 0.3 is 0 Å². The zero-order valence-electron chi connectivity index (χ0n) is 18.9. The Kier molecular flexibility index (Phi) is 7.65. The number of benzene rings is 2. The molecule has 1 heterocycles. The Morgan fingerprint density at radius 1 is 1.00 bits per heavy atom. The highest BCUT2D eigenvalue weighted by Gasteiger charge is 2.27. The summed E-state index contributed by atoms with van der Waals surface area (Å²) >= 11 is 0. The van der Waals surface area contributed by atoms with Crippen LogP contribution in [0.25, 0.3) is 0 Å². The average Bonchev–Trinajstić information content (AvgIpc) is 3.28. The van der Waals surface area contributed by atoms with Crippen LogP contribution < -0.4 is 14.4 Å². The molecule has 0 aromatic heterocycles. The second kappa shape index (κ2) is 10.1. The molecule has 180 valence electrons. The molecule has 9 nitrogen and oxygen atoms in total. The van der Waals surface area contributed by atoms with Crippen LogP contribution in [0.2, 0.25) is 0 Å². The van der Waals surface area contributed by atoms with E-state index in [0.29, 0.717) is 30.2 Å². The summed E-state index contributed by atoms with van der Waals surface area (Å²) in [6.07, 6.45) is 2.69. The van der Waals surface area contributed by atoms with Crippen LogP contribution in [0.3, 0.4) is 0 Å². The number of carbonyl (C=O) groups is 1. The summed E-state index contributed by atoms with van der Waals surface area (Å²) in [6, 6.07) is 12.3. The van der Waals surface area contributed by atoms with Crippen molar-refractivity contribution in [3.05, 3.63) is 48.5 Å². The normalized spacial score (nSPS) is 14.9. The molecule has 1 amide bonds. The predicted molar refractivity (Wildman–Crippen MR) is 127 cm³/mol. The third-order valence-electron chi connectivity index (χ3n) is 5.02. The number of anilines is 2. The van der Waals surface area contributed by atoms with E-state index in [0.717, 1.165) is 23.4 Å². The second-order valence-corrected chi connectivity index (χ2v) is 12.0. The zero-order chi connectivity index (χ0) is 24.2. The Morgan fingerprint density at radius 2 is 1.58 bits per heavy atom. The monoisotopic (exact) mass is 495 g/mol. The minimum absolute atomic E-state index is 0.0237. The van der Waals surface area contributed by atoms with E-state index in [2.05, 4.69) is 5.32 Å². The van der Waals surface area contributed by atoms with Gasteiger partial charge in [-0.3, -0.25) is 9.10 Å². The molecular formula is C22H29N3O6S2. The SMILES string of the molecule is CC(C)Oc1ccc(N(CC(=O)Nc2ccc(S(=O)(=O)N3CCCC3)cc2)S(C)(=O)=O)cc1. The van der Waals surface area contributed by atoms with Gasteiger partial charge in [0.05, 0.1) is 22.9 Å². The fourth-order valence-electron chi connectivity index (χ4n) is 3.48. The molecule has 0 radical (unpaired) electrons. The zero-order valence-corrected chi connectivity index (χ0v) is 20.5. The van der Waals surface area contributed by atoms with E-state index in [4.69, 9.17) is 4.74 Å². The van der Waals surface area contributed by atoms with Gasteiger partial charge in [0.1, 0.15) is 12.3 Å². The van der Waals surface area contributed by atoms with E-state index >= 15 is 0 Å². The van der Waals surface area contributed by atoms with Crippen LogP contribution in [0, 0.1) is 0 Å². The van der Waals surface area contributed by atoms with Crippen molar-refractivity contribution in [1.82, 2.24) is 4.31 Å². The van der Waals surface area contributed by atoms with Crippen LogP contribution in [-0.2, 0) is 24.8 Å². The Balaban J connectivity index is 1.69. The molecule has 11 heteroatoms. The summed E-state index contributed by atoms with van der Waals surface area (Å²) < 4.78 is 57.9. The first-order chi connectivity index (χ1) is 15.5. The van der Waals surface area contributed by atoms with Crippen LogP contribution >= 0.6 is 0 Å². The summed E-state index contributed by atoms with van der Waals surface area (Å²) in [7, 11) is -7.28.